The van der Waals surface area contributed by atoms with Gasteiger partial charge in [0.25, 0.3) is 11.5 Å². The molecule has 0 radical (unpaired) electrons. The van der Waals surface area contributed by atoms with Gasteiger partial charge in [-0.15, -0.1) is 11.3 Å². The van der Waals surface area contributed by atoms with Gasteiger partial charge in [0.1, 0.15) is 5.82 Å². The third-order valence-electron chi connectivity index (χ3n) is 3.80. The minimum atomic E-state index is -0.709. The summed E-state index contributed by atoms with van der Waals surface area (Å²) in [6.07, 6.45) is 3.02. The molecule has 2 aromatic rings. The first-order valence-corrected chi connectivity index (χ1v) is 10.2. The van der Waals surface area contributed by atoms with Gasteiger partial charge in [-0.05, 0) is 40.1 Å². The van der Waals surface area contributed by atoms with E-state index in [1.165, 1.54) is 34.0 Å². The molecule has 0 saturated carbocycles. The van der Waals surface area contributed by atoms with E-state index in [-0.39, 0.29) is 30.6 Å². The molecular formula is C18H23BrN4O4S. The van der Waals surface area contributed by atoms with Crippen molar-refractivity contribution in [3.05, 3.63) is 47.7 Å². The summed E-state index contributed by atoms with van der Waals surface area (Å²) in [6.45, 7) is 4.48. The summed E-state index contributed by atoms with van der Waals surface area (Å²) in [5.41, 5.74) is 4.77. The van der Waals surface area contributed by atoms with E-state index in [1.807, 2.05) is 26.0 Å². The first-order valence-electron chi connectivity index (χ1n) is 8.61. The number of halogens is 1. The number of nitrogens with zero attached hydrogens (tertiary/aromatic N) is 2. The van der Waals surface area contributed by atoms with Crippen LogP contribution in [-0.2, 0) is 16.1 Å². The summed E-state index contributed by atoms with van der Waals surface area (Å²) >= 11 is 4.84. The number of amides is 1. The van der Waals surface area contributed by atoms with Gasteiger partial charge < -0.3 is 10.5 Å². The van der Waals surface area contributed by atoms with E-state index in [1.54, 1.807) is 6.08 Å². The Balaban J connectivity index is 2.47. The number of H-pyrrole nitrogens is 1. The molecule has 1 amide bonds. The first-order chi connectivity index (χ1) is 13.2. The second kappa shape index (κ2) is 9.85. The van der Waals surface area contributed by atoms with Crippen LogP contribution >= 0.6 is 27.3 Å². The topological polar surface area (TPSA) is 110 Å². The SMILES string of the molecule is COCCN(C(=O)/C=C/c1ccc(Br)s1)c1c(N)n(CC(C)C)c(=O)[nH]c1=O. The molecular weight excluding hydrogens is 448 g/mol. The summed E-state index contributed by atoms with van der Waals surface area (Å²) in [6, 6.07) is 3.74. The molecule has 2 aromatic heterocycles. The van der Waals surface area contributed by atoms with Crippen molar-refractivity contribution in [3.63, 3.8) is 0 Å². The Morgan fingerprint density at radius 2 is 2.14 bits per heavy atom. The summed E-state index contributed by atoms with van der Waals surface area (Å²) in [7, 11) is 1.49. The van der Waals surface area contributed by atoms with Crippen molar-refractivity contribution >= 4 is 50.8 Å². The normalized spacial score (nSPS) is 11.5. The largest absolute Gasteiger partial charge is 0.383 e. The molecule has 0 aliphatic carbocycles. The molecule has 8 nitrogen and oxygen atoms in total. The van der Waals surface area contributed by atoms with Gasteiger partial charge in [0, 0.05) is 31.2 Å². The van der Waals surface area contributed by atoms with Crippen LogP contribution in [-0.4, -0.2) is 35.7 Å². The number of hydrogen-bond donors (Lipinski definition) is 2. The standard InChI is InChI=1S/C18H23BrN4O4S/c1-11(2)10-23-16(20)15(17(25)21-18(23)26)22(8-9-27-3)14(24)7-5-12-4-6-13(19)28-12/h4-7,11H,8-10,20H2,1-3H3,(H,21,25,26)/b7-5+. The van der Waals surface area contributed by atoms with E-state index < -0.39 is 17.2 Å². The fraction of sp³-hybridized carbons (Fsp3) is 0.389. The molecule has 10 heteroatoms. The number of nitrogens with one attached hydrogen (secondary N) is 1. The van der Waals surface area contributed by atoms with Crippen LogP contribution in [0.3, 0.4) is 0 Å². The van der Waals surface area contributed by atoms with Crippen LogP contribution in [0.15, 0.2) is 31.6 Å². The van der Waals surface area contributed by atoms with Crippen LogP contribution < -0.4 is 21.9 Å². The maximum absolute atomic E-state index is 12.8. The zero-order chi connectivity index (χ0) is 20.8. The molecule has 0 spiro atoms. The Bertz CT molecular complexity index is 977. The number of aromatic amines is 1. The summed E-state index contributed by atoms with van der Waals surface area (Å²) in [5, 5.41) is 0. The predicted octanol–water partition coefficient (Wildman–Crippen LogP) is 2.29. The molecule has 0 saturated heterocycles. The quantitative estimate of drug-likeness (QED) is 0.574. The molecule has 3 N–H and O–H groups in total. The van der Waals surface area contributed by atoms with Gasteiger partial charge in [0.2, 0.25) is 0 Å². The number of hydrogen-bond acceptors (Lipinski definition) is 6. The zero-order valence-corrected chi connectivity index (χ0v) is 18.3. The molecule has 0 atom stereocenters. The predicted molar refractivity (Wildman–Crippen MR) is 116 cm³/mol. The van der Waals surface area contributed by atoms with Gasteiger partial charge >= 0.3 is 5.69 Å². The van der Waals surface area contributed by atoms with Crippen molar-refractivity contribution in [2.45, 2.75) is 20.4 Å². The van der Waals surface area contributed by atoms with Crippen molar-refractivity contribution in [2.24, 2.45) is 5.92 Å². The minimum Gasteiger partial charge on any atom is -0.383 e. The number of nitrogens with two attached hydrogens (primary N) is 1. The van der Waals surface area contributed by atoms with Crippen LogP contribution in [0, 0.1) is 5.92 Å². The highest BCUT2D eigenvalue weighted by Gasteiger charge is 2.23. The van der Waals surface area contributed by atoms with Gasteiger partial charge in [0.05, 0.1) is 10.4 Å². The first kappa shape index (κ1) is 22.1. The van der Waals surface area contributed by atoms with E-state index in [2.05, 4.69) is 20.9 Å². The Morgan fingerprint density at radius 3 is 2.71 bits per heavy atom. The molecule has 28 heavy (non-hydrogen) atoms. The zero-order valence-electron chi connectivity index (χ0n) is 15.9. The highest BCUT2D eigenvalue weighted by Crippen LogP contribution is 2.23. The summed E-state index contributed by atoms with van der Waals surface area (Å²) in [5.74, 6) is -0.355. The van der Waals surface area contributed by atoms with Gasteiger partial charge in [-0.1, -0.05) is 13.8 Å². The van der Waals surface area contributed by atoms with Crippen molar-refractivity contribution in [1.29, 1.82) is 0 Å². The van der Waals surface area contributed by atoms with Crippen LogP contribution in [0.1, 0.15) is 18.7 Å². The van der Waals surface area contributed by atoms with E-state index in [0.29, 0.717) is 6.54 Å². The third kappa shape index (κ3) is 5.43. The van der Waals surface area contributed by atoms with Crippen molar-refractivity contribution < 1.29 is 9.53 Å². The Kier molecular flexibility index (Phi) is 7.78. The van der Waals surface area contributed by atoms with Crippen LogP contribution in [0.25, 0.3) is 6.08 Å². The number of nitrogen functional groups attached to an aromatic ring is 1. The number of rotatable bonds is 8. The number of methoxy groups -OCH3 is 1. The molecule has 152 valence electrons. The summed E-state index contributed by atoms with van der Waals surface area (Å²) in [4.78, 5) is 41.8. The Morgan fingerprint density at radius 1 is 1.43 bits per heavy atom. The molecule has 0 aliphatic rings. The van der Waals surface area contributed by atoms with Crippen molar-refractivity contribution in [1.82, 2.24) is 9.55 Å². The van der Waals surface area contributed by atoms with Gasteiger partial charge in [-0.2, -0.15) is 0 Å². The lowest BCUT2D eigenvalue weighted by molar-refractivity contribution is -0.114. The van der Waals surface area contributed by atoms with Gasteiger partial charge in [0.15, 0.2) is 5.69 Å². The lowest BCUT2D eigenvalue weighted by Gasteiger charge is -2.23. The van der Waals surface area contributed by atoms with Gasteiger partial charge in [-0.25, -0.2) is 4.79 Å². The van der Waals surface area contributed by atoms with Crippen LogP contribution in [0.2, 0.25) is 0 Å². The summed E-state index contributed by atoms with van der Waals surface area (Å²) < 4.78 is 7.28. The van der Waals surface area contributed by atoms with E-state index >= 15 is 0 Å². The number of aromatic nitrogens is 2. The van der Waals surface area contributed by atoms with E-state index in [4.69, 9.17) is 10.5 Å². The monoisotopic (exact) mass is 470 g/mol. The number of thiophene rings is 1. The second-order valence-electron chi connectivity index (χ2n) is 6.46. The van der Waals surface area contributed by atoms with Crippen molar-refractivity contribution in [2.75, 3.05) is 30.9 Å². The average molecular weight is 471 g/mol. The fourth-order valence-corrected chi connectivity index (χ4v) is 3.89. The van der Waals surface area contributed by atoms with Crippen LogP contribution in [0.4, 0.5) is 11.5 Å². The van der Waals surface area contributed by atoms with E-state index in [9.17, 15) is 14.4 Å². The fourth-order valence-electron chi connectivity index (χ4n) is 2.56. The Hall–Kier alpha value is -2.17. The minimum absolute atomic E-state index is 0.0424. The highest BCUT2D eigenvalue weighted by atomic mass is 79.9. The molecule has 0 fully saturated rings. The Labute approximate surface area is 174 Å². The maximum Gasteiger partial charge on any atom is 0.330 e. The molecule has 2 rings (SSSR count). The molecule has 2 heterocycles. The van der Waals surface area contributed by atoms with Crippen LogP contribution in [0.5, 0.6) is 0 Å². The smallest absolute Gasteiger partial charge is 0.330 e. The molecule has 0 bridgehead atoms. The van der Waals surface area contributed by atoms with Crippen molar-refractivity contribution in [3.8, 4) is 0 Å². The average Bonchev–Trinajstić information content (AvgIpc) is 3.04. The number of anilines is 2. The van der Waals surface area contributed by atoms with E-state index in [0.717, 1.165) is 8.66 Å². The lowest BCUT2D eigenvalue weighted by atomic mass is 10.2. The third-order valence-corrected chi connectivity index (χ3v) is 5.39. The molecule has 0 unspecified atom stereocenters. The molecule has 0 aliphatic heterocycles. The second-order valence-corrected chi connectivity index (χ2v) is 8.95. The number of carbonyl (C=O) groups is 1. The number of carbonyl (C=O) groups excluding carboxylic acids is 1. The highest BCUT2D eigenvalue weighted by molar-refractivity contribution is 9.11. The maximum atomic E-state index is 12.8. The number of ether oxygens (including phenoxy) is 1. The van der Waals surface area contributed by atoms with Gasteiger partial charge in [-0.3, -0.25) is 24.0 Å². The molecule has 0 aromatic carbocycles. The lowest BCUT2D eigenvalue weighted by Crippen LogP contribution is -2.42.